The Morgan fingerprint density at radius 3 is 2.52 bits per heavy atom. The summed E-state index contributed by atoms with van der Waals surface area (Å²) in [5.41, 5.74) is 7.75. The van der Waals surface area contributed by atoms with Gasteiger partial charge in [-0.05, 0) is 60.4 Å². The summed E-state index contributed by atoms with van der Waals surface area (Å²) >= 11 is 0. The van der Waals surface area contributed by atoms with E-state index in [0.717, 1.165) is 22.1 Å². The van der Waals surface area contributed by atoms with Gasteiger partial charge in [-0.2, -0.15) is 0 Å². The molecule has 4 amide bonds. The molecule has 0 spiro atoms. The van der Waals surface area contributed by atoms with E-state index >= 15 is 4.39 Å². The second-order valence-electron chi connectivity index (χ2n) is 15.4. The van der Waals surface area contributed by atoms with E-state index in [1.807, 2.05) is 0 Å². The minimum Gasteiger partial charge on any atom is -0.458 e. The van der Waals surface area contributed by atoms with Gasteiger partial charge in [0.15, 0.2) is 11.4 Å². The number of rotatable bonds is 16. The SMILES string of the molecule is CC[C@@]1(O)C(=O)OCc2c1cc1n(c2=O)Cc2c-1nc1cc(F)c(C)c3c1c2[C@@H](CC(=O)COCNC(=O)CNC(=O)[C@H](Cc1ccccc1)NC(=O)CNC(=O)CN)CC3. The highest BCUT2D eigenvalue weighted by molar-refractivity contribution is 5.95. The smallest absolute Gasteiger partial charge is 0.343 e. The molecule has 3 atom stereocenters. The molecular formula is C43H46FN7O10. The predicted octanol–water partition coefficient (Wildman–Crippen LogP) is 0.525. The van der Waals surface area contributed by atoms with Crippen LogP contribution in [0.3, 0.4) is 0 Å². The molecule has 1 aliphatic carbocycles. The zero-order valence-corrected chi connectivity index (χ0v) is 33.7. The maximum absolute atomic E-state index is 15.3. The highest BCUT2D eigenvalue weighted by Gasteiger charge is 2.46. The molecule has 7 rings (SSSR count). The van der Waals surface area contributed by atoms with E-state index in [9.17, 15) is 38.7 Å². The average molecular weight is 840 g/mol. The van der Waals surface area contributed by atoms with Gasteiger partial charge >= 0.3 is 5.97 Å². The number of cyclic esters (lactones) is 1. The van der Waals surface area contributed by atoms with Gasteiger partial charge < -0.3 is 46.1 Å². The van der Waals surface area contributed by atoms with Crippen LogP contribution >= 0.6 is 0 Å². The molecule has 0 radical (unpaired) electrons. The Kier molecular flexibility index (Phi) is 12.4. The van der Waals surface area contributed by atoms with Crippen molar-refractivity contribution in [2.24, 2.45) is 5.73 Å². The number of ketones is 1. The molecular weight excluding hydrogens is 794 g/mol. The molecule has 2 aliphatic heterocycles. The minimum atomic E-state index is -2.02. The molecule has 320 valence electrons. The molecule has 0 bridgehead atoms. The summed E-state index contributed by atoms with van der Waals surface area (Å²) in [6.45, 7) is 1.29. The first-order chi connectivity index (χ1) is 29.2. The summed E-state index contributed by atoms with van der Waals surface area (Å²) in [5, 5.41) is 21.9. The van der Waals surface area contributed by atoms with Crippen molar-refractivity contribution in [3.8, 4) is 11.4 Å². The summed E-state index contributed by atoms with van der Waals surface area (Å²) in [4.78, 5) is 94.5. The molecule has 4 heterocycles. The van der Waals surface area contributed by atoms with Crippen LogP contribution in [0.2, 0.25) is 0 Å². The molecule has 3 aliphatic rings. The molecule has 17 nitrogen and oxygen atoms in total. The normalized spacial score (nSPS) is 17.7. The van der Waals surface area contributed by atoms with Crippen molar-refractivity contribution in [2.45, 2.75) is 76.7 Å². The average Bonchev–Trinajstić information content (AvgIpc) is 3.63. The van der Waals surface area contributed by atoms with E-state index in [2.05, 4.69) is 21.3 Å². The minimum absolute atomic E-state index is 0.0256. The van der Waals surface area contributed by atoms with Crippen LogP contribution in [0.25, 0.3) is 22.3 Å². The number of esters is 1. The number of nitrogens with two attached hydrogens (primary N) is 1. The van der Waals surface area contributed by atoms with E-state index in [0.29, 0.717) is 40.9 Å². The lowest BCUT2D eigenvalue weighted by Crippen LogP contribution is -2.52. The number of halogens is 1. The molecule has 7 N–H and O–H groups in total. The highest BCUT2D eigenvalue weighted by Crippen LogP contribution is 2.47. The standard InChI is InChI=1S/C43H46FN7O10/c1-3-43(59)29-13-33-39-27(18-51(33)41(57)28(29)20-61-42(43)58)37-24(9-10-26-22(2)30(44)14-31(50-39)38(26)37)12-25(52)19-60-21-48-35(54)16-47-40(56)32(11-23-7-5-4-6-8-23)49-36(55)17-46-34(53)15-45/h4-8,13-14,24,32,59H,3,9-12,15-21,45H2,1-2H3,(H,46,53)(H,47,56)(H,48,54)(H,49,55)/t24-,32+,43+/m1/s1. The van der Waals surface area contributed by atoms with E-state index in [1.54, 1.807) is 50.2 Å². The van der Waals surface area contributed by atoms with E-state index in [-0.39, 0.29) is 75.1 Å². The number of fused-ring (bicyclic) bond motifs is 5. The van der Waals surface area contributed by atoms with E-state index in [1.165, 1.54) is 10.6 Å². The molecule has 0 unspecified atom stereocenters. The van der Waals surface area contributed by atoms with Crippen LogP contribution in [0.1, 0.15) is 71.0 Å². The monoisotopic (exact) mass is 839 g/mol. The van der Waals surface area contributed by atoms with Crippen molar-refractivity contribution in [2.75, 3.05) is 33.0 Å². The predicted molar refractivity (Wildman–Crippen MR) is 216 cm³/mol. The Balaban J connectivity index is 1.00. The lowest BCUT2D eigenvalue weighted by atomic mass is 9.76. The van der Waals surface area contributed by atoms with Crippen molar-refractivity contribution in [3.05, 3.63) is 97.6 Å². The second-order valence-corrected chi connectivity index (χ2v) is 15.4. The molecule has 61 heavy (non-hydrogen) atoms. The number of aliphatic hydroxyl groups is 1. The fourth-order valence-electron chi connectivity index (χ4n) is 8.39. The first-order valence-electron chi connectivity index (χ1n) is 20.0. The van der Waals surface area contributed by atoms with Gasteiger partial charge in [-0.3, -0.25) is 28.8 Å². The van der Waals surface area contributed by atoms with Gasteiger partial charge in [-0.15, -0.1) is 0 Å². The number of benzene rings is 2. The van der Waals surface area contributed by atoms with Gasteiger partial charge in [0.1, 0.15) is 31.8 Å². The maximum atomic E-state index is 15.3. The summed E-state index contributed by atoms with van der Waals surface area (Å²) in [6, 6.07) is 10.8. The van der Waals surface area contributed by atoms with Crippen LogP contribution in [0, 0.1) is 12.7 Å². The number of aromatic nitrogens is 2. The van der Waals surface area contributed by atoms with Crippen LogP contribution in [0.15, 0.2) is 47.3 Å². The number of hydrogen-bond acceptors (Lipinski definition) is 12. The Morgan fingerprint density at radius 2 is 1.79 bits per heavy atom. The van der Waals surface area contributed by atoms with Crippen LogP contribution in [0.4, 0.5) is 4.39 Å². The Labute approximate surface area is 348 Å². The van der Waals surface area contributed by atoms with Crippen molar-refractivity contribution in [1.82, 2.24) is 30.8 Å². The molecule has 0 saturated heterocycles. The Bertz CT molecular complexity index is 2530. The fraction of sp³-hybridized carbons (Fsp3) is 0.395. The van der Waals surface area contributed by atoms with Crippen LogP contribution in [0.5, 0.6) is 0 Å². The number of ether oxygens (including phenoxy) is 2. The van der Waals surface area contributed by atoms with Crippen LogP contribution in [-0.2, 0) is 69.8 Å². The van der Waals surface area contributed by atoms with Crippen LogP contribution < -0.4 is 32.6 Å². The largest absolute Gasteiger partial charge is 0.458 e. The van der Waals surface area contributed by atoms with Gasteiger partial charge in [0, 0.05) is 35.4 Å². The molecule has 4 aromatic rings. The Morgan fingerprint density at radius 1 is 1.03 bits per heavy atom. The van der Waals surface area contributed by atoms with Gasteiger partial charge in [0.25, 0.3) is 5.56 Å². The van der Waals surface area contributed by atoms with Crippen molar-refractivity contribution >= 4 is 46.3 Å². The number of nitrogens with one attached hydrogen (secondary N) is 4. The van der Waals surface area contributed by atoms with Crippen molar-refractivity contribution < 1.29 is 47.7 Å². The number of Topliss-reactive ketones (excluding diaryl/α,β-unsaturated/α-hetero) is 1. The zero-order chi connectivity index (χ0) is 43.6. The third-order valence-electron chi connectivity index (χ3n) is 11.6. The number of amides is 4. The highest BCUT2D eigenvalue weighted by atomic mass is 19.1. The van der Waals surface area contributed by atoms with Gasteiger partial charge in [-0.1, -0.05) is 37.3 Å². The third kappa shape index (κ3) is 8.51. The number of carbonyl (C=O) groups excluding carboxylic acids is 6. The van der Waals surface area contributed by atoms with Gasteiger partial charge in [0.2, 0.25) is 23.6 Å². The molecule has 2 aromatic carbocycles. The quantitative estimate of drug-likeness (QED) is 0.0453. The van der Waals surface area contributed by atoms with Crippen molar-refractivity contribution in [1.29, 1.82) is 0 Å². The summed E-state index contributed by atoms with van der Waals surface area (Å²) in [6.07, 6.45) is 1.11. The number of nitrogens with zero attached hydrogens (tertiary/aromatic N) is 2. The van der Waals surface area contributed by atoms with Crippen LogP contribution in [-0.4, -0.2) is 89.1 Å². The number of pyridine rings is 2. The van der Waals surface area contributed by atoms with Gasteiger partial charge in [0.05, 0.1) is 48.6 Å². The second kappa shape index (κ2) is 17.7. The zero-order valence-electron chi connectivity index (χ0n) is 33.7. The topological polar surface area (TPSA) is 250 Å². The summed E-state index contributed by atoms with van der Waals surface area (Å²) in [7, 11) is 0. The lowest BCUT2D eigenvalue weighted by molar-refractivity contribution is -0.172. The fourth-order valence-corrected chi connectivity index (χ4v) is 8.39. The molecule has 2 aromatic heterocycles. The molecule has 18 heteroatoms. The number of hydrogen-bond donors (Lipinski definition) is 6. The number of aryl methyl sites for hydroxylation is 1. The lowest BCUT2D eigenvalue weighted by Gasteiger charge is -2.31. The summed E-state index contributed by atoms with van der Waals surface area (Å²) in [5.74, 6) is -4.34. The van der Waals surface area contributed by atoms with Crippen molar-refractivity contribution in [3.63, 3.8) is 0 Å². The first-order valence-corrected chi connectivity index (χ1v) is 20.0. The first kappa shape index (κ1) is 42.7. The maximum Gasteiger partial charge on any atom is 0.343 e. The third-order valence-corrected chi connectivity index (χ3v) is 11.6. The van der Waals surface area contributed by atoms with E-state index < -0.39 is 65.7 Å². The van der Waals surface area contributed by atoms with Gasteiger partial charge in [-0.25, -0.2) is 14.2 Å². The Hall–Kier alpha value is -6.37. The number of carbonyl (C=O) groups is 6. The summed E-state index contributed by atoms with van der Waals surface area (Å²) < 4.78 is 27.5. The molecule has 0 saturated carbocycles. The molecule has 0 fully saturated rings. The van der Waals surface area contributed by atoms with E-state index in [4.69, 9.17) is 20.2 Å².